The summed E-state index contributed by atoms with van der Waals surface area (Å²) in [5.41, 5.74) is 0. The van der Waals surface area contributed by atoms with Crippen LogP contribution in [-0.4, -0.2) is 0 Å². The van der Waals surface area contributed by atoms with Gasteiger partial charge in [0.2, 0.25) is 0 Å². The van der Waals surface area contributed by atoms with Gasteiger partial charge in [0.05, 0.1) is 0 Å². The number of hydrogen-bond donors (Lipinski definition) is 1. The van der Waals surface area contributed by atoms with Gasteiger partial charge in [-0.3, -0.25) is 0 Å². The average molecular weight is 894 g/mol. The van der Waals surface area contributed by atoms with Gasteiger partial charge < -0.3 is 0 Å². The van der Waals surface area contributed by atoms with Crippen LogP contribution in [0.15, 0.2) is 132 Å². The van der Waals surface area contributed by atoms with Gasteiger partial charge >= 0.3 is 0 Å². The quantitative estimate of drug-likeness (QED) is 0.141. The molecule has 0 saturated carbocycles. The smallest absolute Gasteiger partial charge is 0.0432 e. The van der Waals surface area contributed by atoms with Gasteiger partial charge in [0.25, 0.3) is 0 Å². The molecule has 0 nitrogen and oxygen atoms in total. The Morgan fingerprint density at radius 3 is 1.07 bits per heavy atom. The second-order valence-electron chi connectivity index (χ2n) is 7.95. The number of halogens is 8. The van der Waals surface area contributed by atoms with E-state index >= 15 is 0 Å². The van der Waals surface area contributed by atoms with Crippen molar-refractivity contribution in [2.24, 2.45) is 0 Å². The lowest BCUT2D eigenvalue weighted by molar-refractivity contribution is 1.33. The average Bonchev–Trinajstić information content (AvgIpc) is 2.86. The molecule has 0 saturated heterocycles. The molecule has 0 fully saturated rings. The maximum atomic E-state index is 6.03. The minimum absolute atomic E-state index is 0.618. The molecule has 5 aromatic carbocycles. The van der Waals surface area contributed by atoms with Gasteiger partial charge in [0.15, 0.2) is 0 Å². The van der Waals surface area contributed by atoms with Gasteiger partial charge in [0.1, 0.15) is 0 Å². The minimum atomic E-state index is 0.618. The molecule has 0 unspecified atom stereocenters. The zero-order chi connectivity index (χ0) is 29.9. The lowest BCUT2D eigenvalue weighted by Crippen LogP contribution is -1.78. The lowest BCUT2D eigenvalue weighted by atomic mass is 10.3. The molecule has 0 spiro atoms. The zero-order valence-electron chi connectivity index (χ0n) is 20.6. The molecule has 11 heteroatoms. The Labute approximate surface area is 306 Å². The molecule has 0 aliphatic carbocycles. The Hall–Kier alpha value is 0.1000. The van der Waals surface area contributed by atoms with E-state index in [0.717, 1.165) is 29.0 Å². The van der Waals surface area contributed by atoms with Gasteiger partial charge in [-0.1, -0.05) is 109 Å². The van der Waals surface area contributed by atoms with Crippen LogP contribution in [0.2, 0.25) is 30.1 Å². The molecule has 5 aromatic rings. The molecule has 0 radical (unpaired) electrons. The highest BCUT2D eigenvalue weighted by Crippen LogP contribution is 2.36. The molecular formula is C30H18BrCl6IS3. The van der Waals surface area contributed by atoms with Crippen LogP contribution >= 0.6 is 144 Å². The molecule has 5 rings (SSSR count). The van der Waals surface area contributed by atoms with Crippen molar-refractivity contribution in [3.05, 3.63) is 141 Å². The highest BCUT2D eigenvalue weighted by atomic mass is 127. The molecule has 0 aromatic heterocycles. The van der Waals surface area contributed by atoms with E-state index in [-0.39, 0.29) is 0 Å². The summed E-state index contributed by atoms with van der Waals surface area (Å²) in [4.78, 5) is 5.03. The summed E-state index contributed by atoms with van der Waals surface area (Å²) in [5.74, 6) is 0. The van der Waals surface area contributed by atoms with Crippen LogP contribution in [0, 0.1) is 3.57 Å². The van der Waals surface area contributed by atoms with Gasteiger partial charge in [-0.05, 0) is 126 Å². The third-order valence-electron chi connectivity index (χ3n) is 4.62. The van der Waals surface area contributed by atoms with Crippen molar-refractivity contribution >= 4 is 144 Å². The van der Waals surface area contributed by atoms with Crippen LogP contribution < -0.4 is 0 Å². The summed E-state index contributed by atoms with van der Waals surface area (Å²) in [6.45, 7) is 0. The Kier molecular flexibility index (Phi) is 15.8. The minimum Gasteiger partial charge on any atom is -0.143 e. The van der Waals surface area contributed by atoms with Gasteiger partial charge in [-0.15, -0.1) is 12.6 Å². The maximum absolute atomic E-state index is 6.03. The first-order chi connectivity index (χ1) is 19.4. The Morgan fingerprint density at radius 1 is 0.463 bits per heavy atom. The van der Waals surface area contributed by atoms with Crippen molar-refractivity contribution in [3.8, 4) is 0 Å². The summed E-state index contributed by atoms with van der Waals surface area (Å²) in [6.07, 6.45) is 0. The highest BCUT2D eigenvalue weighted by Gasteiger charge is 2.04. The Bertz CT molecular complexity index is 1400. The summed E-state index contributed by atoms with van der Waals surface area (Å²) >= 11 is 48.3. The lowest BCUT2D eigenvalue weighted by Gasteiger charge is -2.06. The SMILES string of the molecule is Brc1ccc(I)cc1.Clc1cc(Cl)cc(Sc2ccc(Sc3cc(Cl)cc(Cl)c3)cc2)c1.Sc1cc(Cl)cc(Cl)c1. The number of rotatable bonds is 4. The fraction of sp³-hybridized carbons (Fsp3) is 0. The molecule has 0 bridgehead atoms. The van der Waals surface area contributed by atoms with Crippen LogP contribution in [0.1, 0.15) is 0 Å². The molecule has 0 amide bonds. The second-order valence-corrected chi connectivity index (χ2v) is 15.5. The molecule has 0 heterocycles. The van der Waals surface area contributed by atoms with Crippen LogP contribution in [0.3, 0.4) is 0 Å². The fourth-order valence-electron chi connectivity index (χ4n) is 2.99. The van der Waals surface area contributed by atoms with Crippen LogP contribution in [0.4, 0.5) is 0 Å². The summed E-state index contributed by atoms with van der Waals surface area (Å²) in [7, 11) is 0. The first-order valence-corrected chi connectivity index (χ1v) is 17.6. The maximum Gasteiger partial charge on any atom is 0.0432 e. The van der Waals surface area contributed by atoms with Crippen LogP contribution in [0.5, 0.6) is 0 Å². The van der Waals surface area contributed by atoms with Gasteiger partial charge in [0, 0.05) is 62.7 Å². The van der Waals surface area contributed by atoms with Gasteiger partial charge in [-0.25, -0.2) is 0 Å². The van der Waals surface area contributed by atoms with E-state index in [1.54, 1.807) is 53.9 Å². The fourth-order valence-corrected chi connectivity index (χ4v) is 7.72. The van der Waals surface area contributed by atoms with Crippen molar-refractivity contribution < 1.29 is 0 Å². The van der Waals surface area contributed by atoms with Crippen molar-refractivity contribution in [2.45, 2.75) is 24.5 Å². The first-order valence-electron chi connectivity index (χ1n) is 11.4. The molecule has 0 atom stereocenters. The van der Waals surface area contributed by atoms with E-state index in [1.807, 2.05) is 36.4 Å². The number of hydrogen-bond acceptors (Lipinski definition) is 3. The van der Waals surface area contributed by atoms with Crippen molar-refractivity contribution in [2.75, 3.05) is 0 Å². The van der Waals surface area contributed by atoms with Crippen molar-refractivity contribution in [1.82, 2.24) is 0 Å². The van der Waals surface area contributed by atoms with E-state index in [1.165, 1.54) is 3.57 Å². The van der Waals surface area contributed by atoms with E-state index in [9.17, 15) is 0 Å². The van der Waals surface area contributed by atoms with E-state index in [2.05, 4.69) is 87.5 Å². The Balaban J connectivity index is 0.000000221. The molecule has 0 aliphatic heterocycles. The Morgan fingerprint density at radius 2 is 0.780 bits per heavy atom. The first kappa shape index (κ1) is 35.6. The van der Waals surface area contributed by atoms with Gasteiger partial charge in [-0.2, -0.15) is 0 Å². The van der Waals surface area contributed by atoms with E-state index in [0.29, 0.717) is 30.1 Å². The normalized spacial score (nSPS) is 10.3. The monoisotopic (exact) mass is 890 g/mol. The topological polar surface area (TPSA) is 0 Å². The zero-order valence-corrected chi connectivity index (χ0v) is 31.4. The third kappa shape index (κ3) is 14.2. The molecule has 212 valence electrons. The number of thiol groups is 1. The molecule has 0 aliphatic rings. The van der Waals surface area contributed by atoms with E-state index in [4.69, 9.17) is 69.6 Å². The van der Waals surface area contributed by atoms with Crippen LogP contribution in [0.25, 0.3) is 0 Å². The number of benzene rings is 5. The predicted octanol–water partition coefficient (Wildman–Crippen LogP) is 14.9. The molecular weight excluding hydrogens is 876 g/mol. The van der Waals surface area contributed by atoms with Crippen molar-refractivity contribution in [3.63, 3.8) is 0 Å². The van der Waals surface area contributed by atoms with Crippen LogP contribution in [-0.2, 0) is 0 Å². The standard InChI is InChI=1S/C18H10Cl4S2.C6H4BrI.C6H4Cl2S/c19-11-5-12(20)8-17(7-11)23-15-1-2-16(4-3-15)24-18-9-13(21)6-14(22)10-18;7-5-1-3-6(8)4-2-5;7-4-1-5(8)3-6(9)2-4/h1-10H;1-4H;1-3,9H. The summed E-state index contributed by atoms with van der Waals surface area (Å²) < 4.78 is 2.41. The molecule has 0 N–H and O–H groups in total. The highest BCUT2D eigenvalue weighted by molar-refractivity contribution is 14.1. The second kappa shape index (κ2) is 18.2. The van der Waals surface area contributed by atoms with E-state index < -0.39 is 0 Å². The van der Waals surface area contributed by atoms with Crippen molar-refractivity contribution in [1.29, 1.82) is 0 Å². The summed E-state index contributed by atoms with van der Waals surface area (Å²) in [5, 5.41) is 3.77. The largest absolute Gasteiger partial charge is 0.143 e. The summed E-state index contributed by atoms with van der Waals surface area (Å²) in [6, 6.07) is 32.6. The predicted molar refractivity (Wildman–Crippen MR) is 198 cm³/mol. The molecule has 41 heavy (non-hydrogen) atoms. The third-order valence-corrected chi connectivity index (χ3v) is 9.39.